The minimum Gasteiger partial charge on any atom is -0.399 e. The molecular formula is C21H27ClN2O. The molecule has 1 fully saturated rings. The van der Waals surface area contributed by atoms with Gasteiger partial charge >= 0.3 is 0 Å². The predicted octanol–water partition coefficient (Wildman–Crippen LogP) is 4.69. The lowest BCUT2D eigenvalue weighted by molar-refractivity contribution is -0.132. The number of hydrogen-bond acceptors (Lipinski definition) is 2. The van der Waals surface area contributed by atoms with E-state index in [2.05, 4.69) is 36.1 Å². The highest BCUT2D eigenvalue weighted by atomic mass is 35.5. The lowest BCUT2D eigenvalue weighted by Gasteiger charge is -2.31. The van der Waals surface area contributed by atoms with E-state index in [1.54, 1.807) is 0 Å². The first-order valence-electron chi connectivity index (χ1n) is 8.84. The molecule has 3 rings (SSSR count). The SMILES string of the molecule is Cc1cccc(C2CCCCCN2C(=O)Cc2ccc(N)cc2)c1.Cl. The number of carbonyl (C=O) groups excluding carboxylic acids is 1. The van der Waals surface area contributed by atoms with Gasteiger partial charge in [0.1, 0.15) is 0 Å². The van der Waals surface area contributed by atoms with Crippen LogP contribution >= 0.6 is 12.4 Å². The Kier molecular flexibility index (Phi) is 6.89. The fourth-order valence-electron chi connectivity index (χ4n) is 3.54. The van der Waals surface area contributed by atoms with Crippen LogP contribution in [0.1, 0.15) is 48.4 Å². The van der Waals surface area contributed by atoms with Gasteiger partial charge < -0.3 is 10.6 Å². The number of hydrogen-bond donors (Lipinski definition) is 1. The number of benzene rings is 2. The third-order valence-electron chi connectivity index (χ3n) is 4.84. The van der Waals surface area contributed by atoms with E-state index >= 15 is 0 Å². The second-order valence-corrected chi connectivity index (χ2v) is 6.78. The van der Waals surface area contributed by atoms with Gasteiger partial charge in [0.15, 0.2) is 0 Å². The quantitative estimate of drug-likeness (QED) is 0.809. The number of carbonyl (C=O) groups is 1. The summed E-state index contributed by atoms with van der Waals surface area (Å²) in [5.74, 6) is 0.216. The predicted molar refractivity (Wildman–Crippen MR) is 106 cm³/mol. The Hall–Kier alpha value is -2.00. The number of anilines is 1. The largest absolute Gasteiger partial charge is 0.399 e. The van der Waals surface area contributed by atoms with Crippen LogP contribution in [0.4, 0.5) is 5.69 Å². The number of aryl methyl sites for hydroxylation is 1. The van der Waals surface area contributed by atoms with Crippen molar-refractivity contribution in [3.63, 3.8) is 0 Å². The maximum atomic E-state index is 13.0. The fraction of sp³-hybridized carbons (Fsp3) is 0.381. The number of amides is 1. The van der Waals surface area contributed by atoms with E-state index in [0.717, 1.165) is 30.6 Å². The molecule has 1 unspecified atom stereocenters. The van der Waals surface area contributed by atoms with Crippen molar-refractivity contribution in [2.75, 3.05) is 12.3 Å². The summed E-state index contributed by atoms with van der Waals surface area (Å²) in [6.45, 7) is 2.97. The molecule has 2 N–H and O–H groups in total. The van der Waals surface area contributed by atoms with Gasteiger partial charge in [-0.3, -0.25) is 4.79 Å². The van der Waals surface area contributed by atoms with Crippen molar-refractivity contribution in [2.45, 2.75) is 45.1 Å². The van der Waals surface area contributed by atoms with Crippen molar-refractivity contribution in [1.29, 1.82) is 0 Å². The van der Waals surface area contributed by atoms with E-state index in [4.69, 9.17) is 5.73 Å². The first-order chi connectivity index (χ1) is 11.6. The summed E-state index contributed by atoms with van der Waals surface area (Å²) in [4.78, 5) is 15.1. The molecule has 1 atom stereocenters. The Bertz CT molecular complexity index is 699. The van der Waals surface area contributed by atoms with Crippen LogP contribution in [0.25, 0.3) is 0 Å². The van der Waals surface area contributed by atoms with E-state index < -0.39 is 0 Å². The van der Waals surface area contributed by atoms with Crippen molar-refractivity contribution in [3.05, 3.63) is 65.2 Å². The number of rotatable bonds is 3. The van der Waals surface area contributed by atoms with Crippen molar-refractivity contribution in [3.8, 4) is 0 Å². The highest BCUT2D eigenvalue weighted by Gasteiger charge is 2.26. The number of nitrogens with two attached hydrogens (primary N) is 1. The molecule has 134 valence electrons. The van der Waals surface area contributed by atoms with Gasteiger partial charge in [-0.1, -0.05) is 54.8 Å². The Morgan fingerprint density at radius 1 is 1.12 bits per heavy atom. The minimum absolute atomic E-state index is 0. The molecule has 2 aromatic carbocycles. The Morgan fingerprint density at radius 2 is 1.88 bits per heavy atom. The third kappa shape index (κ3) is 4.99. The zero-order valence-electron chi connectivity index (χ0n) is 14.8. The normalized spacial score (nSPS) is 17.5. The van der Waals surface area contributed by atoms with Crippen LogP contribution in [0.15, 0.2) is 48.5 Å². The molecule has 0 aromatic heterocycles. The molecule has 1 amide bonds. The number of nitrogen functional groups attached to an aromatic ring is 1. The Morgan fingerprint density at radius 3 is 2.60 bits per heavy atom. The highest BCUT2D eigenvalue weighted by molar-refractivity contribution is 5.85. The van der Waals surface area contributed by atoms with Crippen LogP contribution in [-0.4, -0.2) is 17.4 Å². The second kappa shape index (κ2) is 8.91. The lowest BCUT2D eigenvalue weighted by atomic mass is 9.98. The van der Waals surface area contributed by atoms with Gasteiger partial charge in [-0.15, -0.1) is 12.4 Å². The summed E-state index contributed by atoms with van der Waals surface area (Å²) in [5, 5.41) is 0. The molecule has 0 spiro atoms. The maximum absolute atomic E-state index is 13.0. The number of halogens is 1. The summed E-state index contributed by atoms with van der Waals surface area (Å²) in [6.07, 6.45) is 4.98. The zero-order valence-corrected chi connectivity index (χ0v) is 15.6. The molecule has 0 radical (unpaired) electrons. The molecule has 1 saturated heterocycles. The summed E-state index contributed by atoms with van der Waals surface area (Å²) in [7, 11) is 0. The molecule has 0 bridgehead atoms. The molecule has 1 aliphatic rings. The average Bonchev–Trinajstić information content (AvgIpc) is 2.83. The smallest absolute Gasteiger partial charge is 0.227 e. The third-order valence-corrected chi connectivity index (χ3v) is 4.84. The summed E-state index contributed by atoms with van der Waals surface area (Å²) < 4.78 is 0. The van der Waals surface area contributed by atoms with Gasteiger partial charge in [-0.2, -0.15) is 0 Å². The average molecular weight is 359 g/mol. The summed E-state index contributed by atoms with van der Waals surface area (Å²) in [6, 6.07) is 16.4. The van der Waals surface area contributed by atoms with Crippen molar-refractivity contribution < 1.29 is 4.79 Å². The number of nitrogens with zero attached hydrogens (tertiary/aromatic N) is 1. The standard InChI is InChI=1S/C21H26N2O.ClH/c1-16-6-5-7-18(14-16)20-8-3-2-4-13-23(20)21(24)15-17-9-11-19(22)12-10-17;/h5-7,9-12,14,20H,2-4,8,13,15,22H2,1H3;1H. The molecule has 3 nitrogen and oxygen atoms in total. The molecule has 0 saturated carbocycles. The molecule has 1 heterocycles. The van der Waals surface area contributed by atoms with Crippen molar-refractivity contribution in [2.24, 2.45) is 0 Å². The van der Waals surface area contributed by atoms with Gasteiger partial charge in [0.25, 0.3) is 0 Å². The Labute approximate surface area is 156 Å². The topological polar surface area (TPSA) is 46.3 Å². The second-order valence-electron chi connectivity index (χ2n) is 6.78. The van der Waals surface area contributed by atoms with Gasteiger partial charge in [-0.05, 0) is 43.0 Å². The molecular weight excluding hydrogens is 332 g/mol. The van der Waals surface area contributed by atoms with Gasteiger partial charge in [0.2, 0.25) is 5.91 Å². The van der Waals surface area contributed by atoms with E-state index in [1.165, 1.54) is 24.0 Å². The number of likely N-dealkylation sites (tertiary alicyclic amines) is 1. The highest BCUT2D eigenvalue weighted by Crippen LogP contribution is 2.31. The van der Waals surface area contributed by atoms with E-state index in [-0.39, 0.29) is 24.4 Å². The van der Waals surface area contributed by atoms with Crippen molar-refractivity contribution >= 4 is 24.0 Å². The van der Waals surface area contributed by atoms with Gasteiger partial charge in [0, 0.05) is 12.2 Å². The molecule has 4 heteroatoms. The molecule has 2 aromatic rings. The van der Waals surface area contributed by atoms with Gasteiger partial charge in [-0.25, -0.2) is 0 Å². The van der Waals surface area contributed by atoms with Crippen LogP contribution in [0.2, 0.25) is 0 Å². The van der Waals surface area contributed by atoms with Crippen LogP contribution in [0.5, 0.6) is 0 Å². The van der Waals surface area contributed by atoms with Crippen LogP contribution in [0, 0.1) is 6.92 Å². The van der Waals surface area contributed by atoms with E-state index in [0.29, 0.717) is 6.42 Å². The first kappa shape index (κ1) is 19.3. The molecule has 1 aliphatic heterocycles. The molecule has 25 heavy (non-hydrogen) atoms. The van der Waals surface area contributed by atoms with Crippen LogP contribution in [0.3, 0.4) is 0 Å². The monoisotopic (exact) mass is 358 g/mol. The van der Waals surface area contributed by atoms with E-state index in [9.17, 15) is 4.79 Å². The van der Waals surface area contributed by atoms with E-state index in [1.807, 2.05) is 24.3 Å². The molecule has 0 aliphatic carbocycles. The lowest BCUT2D eigenvalue weighted by Crippen LogP contribution is -2.35. The maximum Gasteiger partial charge on any atom is 0.227 e. The van der Waals surface area contributed by atoms with Gasteiger partial charge in [0.05, 0.1) is 12.5 Å². The van der Waals surface area contributed by atoms with Crippen LogP contribution < -0.4 is 5.73 Å². The minimum atomic E-state index is 0. The Balaban J connectivity index is 0.00000225. The van der Waals surface area contributed by atoms with Crippen molar-refractivity contribution in [1.82, 2.24) is 4.90 Å². The summed E-state index contributed by atoms with van der Waals surface area (Å²) >= 11 is 0. The fourth-order valence-corrected chi connectivity index (χ4v) is 3.54. The first-order valence-corrected chi connectivity index (χ1v) is 8.84. The zero-order chi connectivity index (χ0) is 16.9. The van der Waals surface area contributed by atoms with Crippen LogP contribution in [-0.2, 0) is 11.2 Å². The summed E-state index contributed by atoms with van der Waals surface area (Å²) in [5.41, 5.74) is 10.0.